The molecule has 0 saturated carbocycles. The van der Waals surface area contributed by atoms with E-state index in [4.69, 9.17) is 9.47 Å². The highest BCUT2D eigenvalue weighted by Gasteiger charge is 2.18. The van der Waals surface area contributed by atoms with Crippen LogP contribution in [0.4, 0.5) is 0 Å². The SMILES string of the molecule is COc1ccc(CN2CCN(Cc3ccccc3C#N)CC2)cc1OC. The van der Waals surface area contributed by atoms with Crippen molar-refractivity contribution >= 4 is 0 Å². The fourth-order valence-corrected chi connectivity index (χ4v) is 3.35. The lowest BCUT2D eigenvalue weighted by molar-refractivity contribution is 0.122. The Kier molecular flexibility index (Phi) is 6.11. The Hall–Kier alpha value is -2.55. The van der Waals surface area contributed by atoms with Crippen LogP contribution in [0.5, 0.6) is 11.5 Å². The predicted molar refractivity (Wildman–Crippen MR) is 101 cm³/mol. The molecule has 0 amide bonds. The lowest BCUT2D eigenvalue weighted by Crippen LogP contribution is -2.45. The van der Waals surface area contributed by atoms with Crippen molar-refractivity contribution < 1.29 is 9.47 Å². The van der Waals surface area contributed by atoms with Crippen molar-refractivity contribution in [2.24, 2.45) is 0 Å². The van der Waals surface area contributed by atoms with E-state index in [1.807, 2.05) is 30.3 Å². The highest BCUT2D eigenvalue weighted by molar-refractivity contribution is 5.43. The van der Waals surface area contributed by atoms with E-state index in [0.29, 0.717) is 0 Å². The van der Waals surface area contributed by atoms with Crippen molar-refractivity contribution in [1.29, 1.82) is 5.26 Å². The minimum atomic E-state index is 0.761. The maximum atomic E-state index is 9.24. The van der Waals surface area contributed by atoms with Crippen LogP contribution >= 0.6 is 0 Å². The monoisotopic (exact) mass is 351 g/mol. The summed E-state index contributed by atoms with van der Waals surface area (Å²) in [5, 5.41) is 9.24. The number of benzene rings is 2. The first kappa shape index (κ1) is 18.2. The number of ether oxygens (including phenoxy) is 2. The lowest BCUT2D eigenvalue weighted by atomic mass is 10.1. The molecular formula is C21H25N3O2. The summed E-state index contributed by atoms with van der Waals surface area (Å²) in [6, 6.07) is 16.3. The molecule has 3 rings (SSSR count). The van der Waals surface area contributed by atoms with Gasteiger partial charge in [0.05, 0.1) is 25.9 Å². The molecule has 1 heterocycles. The van der Waals surface area contributed by atoms with Gasteiger partial charge in [-0.05, 0) is 29.3 Å². The number of piperazine rings is 1. The summed E-state index contributed by atoms with van der Waals surface area (Å²) in [7, 11) is 3.32. The molecule has 0 spiro atoms. The fraction of sp³-hybridized carbons (Fsp3) is 0.381. The molecule has 0 aromatic heterocycles. The molecule has 1 fully saturated rings. The molecule has 0 unspecified atom stereocenters. The van der Waals surface area contributed by atoms with Crippen LogP contribution < -0.4 is 9.47 Å². The quantitative estimate of drug-likeness (QED) is 0.801. The predicted octanol–water partition coefficient (Wildman–Crippen LogP) is 2.89. The molecular weight excluding hydrogens is 326 g/mol. The number of hydrogen-bond acceptors (Lipinski definition) is 5. The third-order valence-electron chi connectivity index (χ3n) is 4.85. The minimum Gasteiger partial charge on any atom is -0.493 e. The van der Waals surface area contributed by atoms with Crippen LogP contribution in [0.1, 0.15) is 16.7 Å². The number of nitriles is 1. The smallest absolute Gasteiger partial charge is 0.161 e. The largest absolute Gasteiger partial charge is 0.493 e. The highest BCUT2D eigenvalue weighted by atomic mass is 16.5. The van der Waals surface area contributed by atoms with Crippen LogP contribution in [0, 0.1) is 11.3 Å². The Morgan fingerprint density at radius 2 is 1.54 bits per heavy atom. The second-order valence-corrected chi connectivity index (χ2v) is 6.51. The van der Waals surface area contributed by atoms with Gasteiger partial charge in [-0.1, -0.05) is 24.3 Å². The van der Waals surface area contributed by atoms with Crippen molar-refractivity contribution in [2.75, 3.05) is 40.4 Å². The zero-order valence-corrected chi connectivity index (χ0v) is 15.4. The van der Waals surface area contributed by atoms with Gasteiger partial charge in [0.15, 0.2) is 11.5 Å². The van der Waals surface area contributed by atoms with Gasteiger partial charge in [0.1, 0.15) is 0 Å². The average molecular weight is 351 g/mol. The van der Waals surface area contributed by atoms with Gasteiger partial charge < -0.3 is 9.47 Å². The summed E-state index contributed by atoms with van der Waals surface area (Å²) in [5.41, 5.74) is 3.12. The first-order chi connectivity index (χ1) is 12.7. The third-order valence-corrected chi connectivity index (χ3v) is 4.85. The Bertz CT molecular complexity index is 777. The molecule has 5 nitrogen and oxygen atoms in total. The number of rotatable bonds is 6. The highest BCUT2D eigenvalue weighted by Crippen LogP contribution is 2.28. The standard InChI is InChI=1S/C21H25N3O2/c1-25-20-8-7-17(13-21(20)26-2)15-23-9-11-24(12-10-23)16-19-6-4-3-5-18(19)14-22/h3-8,13H,9-12,15-16H2,1-2H3. The van der Waals surface area contributed by atoms with E-state index in [9.17, 15) is 5.26 Å². The van der Waals surface area contributed by atoms with E-state index in [1.165, 1.54) is 5.56 Å². The minimum absolute atomic E-state index is 0.761. The van der Waals surface area contributed by atoms with Gasteiger partial charge in [0.2, 0.25) is 0 Å². The molecule has 136 valence electrons. The molecule has 1 aliphatic rings. The Labute approximate surface area is 155 Å². The molecule has 0 N–H and O–H groups in total. The molecule has 1 saturated heterocycles. The molecule has 5 heteroatoms. The van der Waals surface area contributed by atoms with Gasteiger partial charge >= 0.3 is 0 Å². The topological polar surface area (TPSA) is 48.7 Å². The molecule has 1 aliphatic heterocycles. The van der Waals surface area contributed by atoms with Crippen LogP contribution in [-0.2, 0) is 13.1 Å². The van der Waals surface area contributed by atoms with E-state index in [2.05, 4.69) is 28.0 Å². The van der Waals surface area contributed by atoms with Crippen molar-refractivity contribution in [3.63, 3.8) is 0 Å². The number of nitrogens with zero attached hydrogens (tertiary/aromatic N) is 3. The van der Waals surface area contributed by atoms with Crippen LogP contribution in [0.3, 0.4) is 0 Å². The second kappa shape index (κ2) is 8.70. The van der Waals surface area contributed by atoms with Crippen LogP contribution in [-0.4, -0.2) is 50.2 Å². The maximum Gasteiger partial charge on any atom is 0.161 e. The molecule has 0 aliphatic carbocycles. The summed E-state index contributed by atoms with van der Waals surface area (Å²) in [5.74, 6) is 1.54. The van der Waals surface area contributed by atoms with Crippen molar-refractivity contribution in [3.05, 3.63) is 59.2 Å². The Morgan fingerprint density at radius 1 is 0.885 bits per heavy atom. The van der Waals surface area contributed by atoms with E-state index in [0.717, 1.165) is 61.9 Å². The third kappa shape index (κ3) is 4.34. The van der Waals surface area contributed by atoms with E-state index in [-0.39, 0.29) is 0 Å². The van der Waals surface area contributed by atoms with Gasteiger partial charge in [-0.2, -0.15) is 5.26 Å². The second-order valence-electron chi connectivity index (χ2n) is 6.51. The summed E-state index contributed by atoms with van der Waals surface area (Å²) in [6.45, 7) is 5.79. The van der Waals surface area contributed by atoms with Crippen LogP contribution in [0.25, 0.3) is 0 Å². The maximum absolute atomic E-state index is 9.24. The number of methoxy groups -OCH3 is 2. The Balaban J connectivity index is 1.55. The Morgan fingerprint density at radius 3 is 2.19 bits per heavy atom. The van der Waals surface area contributed by atoms with E-state index >= 15 is 0 Å². The molecule has 2 aromatic rings. The first-order valence-electron chi connectivity index (χ1n) is 8.87. The van der Waals surface area contributed by atoms with Gasteiger partial charge in [-0.3, -0.25) is 9.80 Å². The van der Waals surface area contributed by atoms with Crippen molar-refractivity contribution in [2.45, 2.75) is 13.1 Å². The zero-order chi connectivity index (χ0) is 18.4. The van der Waals surface area contributed by atoms with E-state index < -0.39 is 0 Å². The molecule has 0 radical (unpaired) electrons. The van der Waals surface area contributed by atoms with Gasteiger partial charge in [0, 0.05) is 39.3 Å². The average Bonchev–Trinajstić information content (AvgIpc) is 2.69. The molecule has 0 atom stereocenters. The van der Waals surface area contributed by atoms with Crippen LogP contribution in [0.15, 0.2) is 42.5 Å². The van der Waals surface area contributed by atoms with Gasteiger partial charge in [0.25, 0.3) is 0 Å². The van der Waals surface area contributed by atoms with Crippen LogP contribution in [0.2, 0.25) is 0 Å². The molecule has 26 heavy (non-hydrogen) atoms. The van der Waals surface area contributed by atoms with Crippen molar-refractivity contribution in [1.82, 2.24) is 9.80 Å². The summed E-state index contributed by atoms with van der Waals surface area (Å²) in [4.78, 5) is 4.87. The molecule has 2 aromatic carbocycles. The summed E-state index contributed by atoms with van der Waals surface area (Å²) < 4.78 is 10.7. The van der Waals surface area contributed by atoms with Gasteiger partial charge in [-0.25, -0.2) is 0 Å². The fourth-order valence-electron chi connectivity index (χ4n) is 3.35. The summed E-state index contributed by atoms with van der Waals surface area (Å²) >= 11 is 0. The van der Waals surface area contributed by atoms with Gasteiger partial charge in [-0.15, -0.1) is 0 Å². The van der Waals surface area contributed by atoms with Crippen molar-refractivity contribution in [3.8, 4) is 17.6 Å². The normalized spacial score (nSPS) is 15.4. The first-order valence-corrected chi connectivity index (χ1v) is 8.87. The molecule has 0 bridgehead atoms. The van der Waals surface area contributed by atoms with E-state index in [1.54, 1.807) is 14.2 Å². The summed E-state index contributed by atoms with van der Waals surface area (Å²) in [6.07, 6.45) is 0. The number of hydrogen-bond donors (Lipinski definition) is 0. The zero-order valence-electron chi connectivity index (χ0n) is 15.4. The lowest BCUT2D eigenvalue weighted by Gasteiger charge is -2.35.